The van der Waals surface area contributed by atoms with Crippen LogP contribution in [0.25, 0.3) is 0 Å². The number of nitrogens with one attached hydrogen (secondary N) is 1. The van der Waals surface area contributed by atoms with Gasteiger partial charge in [-0.25, -0.2) is 0 Å². The summed E-state index contributed by atoms with van der Waals surface area (Å²) < 4.78 is 5.85. The number of esters is 1. The summed E-state index contributed by atoms with van der Waals surface area (Å²) in [6.45, 7) is 6.18. The summed E-state index contributed by atoms with van der Waals surface area (Å²) in [4.78, 5) is 26.0. The van der Waals surface area contributed by atoms with Crippen LogP contribution >= 0.6 is 0 Å². The lowest BCUT2D eigenvalue weighted by Crippen LogP contribution is -2.46. The van der Waals surface area contributed by atoms with Crippen molar-refractivity contribution in [1.82, 2.24) is 5.32 Å². The SMILES string of the molecule is CC/C=C\C/C=C\C/C=C\C/C=C\C/C=C\CCCC(CC(=O)NC(CO)C(O)CCCCCCCCCCC)OC(=O)CC/C=C/C/C=C/C/C=C/C/C=C/C/C=C/CC. The maximum atomic E-state index is 13.1. The molecule has 0 aliphatic carbocycles. The minimum atomic E-state index is -0.821. The zero-order valence-corrected chi connectivity index (χ0v) is 39.0. The zero-order valence-electron chi connectivity index (χ0n) is 39.0. The highest BCUT2D eigenvalue weighted by atomic mass is 16.5. The van der Waals surface area contributed by atoms with Crippen molar-refractivity contribution in [3.8, 4) is 0 Å². The van der Waals surface area contributed by atoms with Gasteiger partial charge in [-0.1, -0.05) is 200 Å². The molecular weight excluding hydrogens is 755 g/mol. The van der Waals surface area contributed by atoms with Crippen LogP contribution in [0.1, 0.15) is 188 Å². The van der Waals surface area contributed by atoms with Crippen molar-refractivity contribution in [1.29, 1.82) is 0 Å². The standard InChI is InChI=1S/C55H89NO5/c1-4-7-10-13-16-19-21-23-25-27-28-30-32-35-37-40-43-46-51(49-54(59)56-52(50-57)53(58)47-44-41-38-34-18-15-12-9-6-3)61-55(60)48-45-42-39-36-33-31-29-26-24-22-20-17-14-11-8-5-2/h7-8,10-11,16-17,19-20,23-26,28,30-31,33,35,37,39,42,51-53,57-58H,4-6,9,12-15,18,21-22,27,29,32,34,36,38,40-41,43-50H2,1-3H3,(H,56,59)/b10-7-,11-8+,19-16-,20-17+,25-23-,26-24+,30-28-,33-31+,37-35-,42-39+. The first-order valence-electron chi connectivity index (χ1n) is 24.3. The van der Waals surface area contributed by atoms with Gasteiger partial charge in [0, 0.05) is 6.42 Å². The summed E-state index contributed by atoms with van der Waals surface area (Å²) in [7, 11) is 0. The maximum Gasteiger partial charge on any atom is 0.306 e. The summed E-state index contributed by atoms with van der Waals surface area (Å²) in [5.41, 5.74) is 0. The van der Waals surface area contributed by atoms with Crippen LogP contribution in [0.15, 0.2) is 122 Å². The molecule has 6 nitrogen and oxygen atoms in total. The number of carbonyl (C=O) groups is 2. The number of carbonyl (C=O) groups excluding carboxylic acids is 2. The van der Waals surface area contributed by atoms with E-state index < -0.39 is 18.2 Å². The van der Waals surface area contributed by atoms with Crippen molar-refractivity contribution in [3.05, 3.63) is 122 Å². The molecule has 0 saturated carbocycles. The summed E-state index contributed by atoms with van der Waals surface area (Å²) >= 11 is 0. The molecule has 0 spiro atoms. The van der Waals surface area contributed by atoms with Gasteiger partial charge >= 0.3 is 5.97 Å². The molecular formula is C55H89NO5. The number of rotatable bonds is 41. The average molecular weight is 844 g/mol. The molecule has 0 rings (SSSR count). The molecule has 3 unspecified atom stereocenters. The highest BCUT2D eigenvalue weighted by Crippen LogP contribution is 2.15. The molecule has 344 valence electrons. The summed E-state index contributed by atoms with van der Waals surface area (Å²) in [6.07, 6.45) is 65.6. The minimum Gasteiger partial charge on any atom is -0.462 e. The third-order valence-electron chi connectivity index (χ3n) is 10.0. The molecule has 0 aliphatic heterocycles. The molecule has 3 N–H and O–H groups in total. The second-order valence-corrected chi connectivity index (χ2v) is 15.7. The molecule has 0 saturated heterocycles. The van der Waals surface area contributed by atoms with Gasteiger partial charge in [-0.3, -0.25) is 9.59 Å². The highest BCUT2D eigenvalue weighted by molar-refractivity contribution is 5.77. The molecule has 61 heavy (non-hydrogen) atoms. The third kappa shape index (κ3) is 42.7. The first-order chi connectivity index (χ1) is 30.0. The van der Waals surface area contributed by atoms with E-state index in [2.05, 4.69) is 142 Å². The van der Waals surface area contributed by atoms with Crippen molar-refractivity contribution in [2.45, 2.75) is 206 Å². The predicted molar refractivity (Wildman–Crippen MR) is 263 cm³/mol. The van der Waals surface area contributed by atoms with E-state index in [0.717, 1.165) is 96.3 Å². The van der Waals surface area contributed by atoms with E-state index in [4.69, 9.17) is 4.74 Å². The fourth-order valence-electron chi connectivity index (χ4n) is 6.45. The highest BCUT2D eigenvalue weighted by Gasteiger charge is 2.23. The van der Waals surface area contributed by atoms with Gasteiger partial charge in [-0.05, 0) is 96.3 Å². The Morgan fingerprint density at radius 1 is 0.492 bits per heavy atom. The van der Waals surface area contributed by atoms with Crippen molar-refractivity contribution in [3.63, 3.8) is 0 Å². The lowest BCUT2D eigenvalue weighted by molar-refractivity contribution is -0.150. The van der Waals surface area contributed by atoms with Crippen LogP contribution in [-0.4, -0.2) is 46.9 Å². The van der Waals surface area contributed by atoms with Crippen molar-refractivity contribution in [2.24, 2.45) is 0 Å². The van der Waals surface area contributed by atoms with Gasteiger partial charge in [-0.15, -0.1) is 0 Å². The zero-order chi connectivity index (χ0) is 44.5. The fraction of sp³-hybridized carbons (Fsp3) is 0.600. The number of hydrogen-bond acceptors (Lipinski definition) is 5. The molecule has 0 fully saturated rings. The molecule has 0 radical (unpaired) electrons. The second-order valence-electron chi connectivity index (χ2n) is 15.7. The lowest BCUT2D eigenvalue weighted by Gasteiger charge is -2.24. The Morgan fingerprint density at radius 2 is 0.885 bits per heavy atom. The predicted octanol–water partition coefficient (Wildman–Crippen LogP) is 14.5. The molecule has 0 aromatic carbocycles. The van der Waals surface area contributed by atoms with Gasteiger partial charge in [0.2, 0.25) is 5.91 Å². The monoisotopic (exact) mass is 844 g/mol. The van der Waals surface area contributed by atoms with Crippen molar-refractivity contribution in [2.75, 3.05) is 6.61 Å². The maximum absolute atomic E-state index is 13.1. The van der Waals surface area contributed by atoms with Crippen LogP contribution in [0.3, 0.4) is 0 Å². The Bertz CT molecular complexity index is 1310. The Morgan fingerprint density at radius 3 is 1.31 bits per heavy atom. The normalized spacial score (nSPS) is 14.4. The first kappa shape index (κ1) is 57.3. The quantitative estimate of drug-likeness (QED) is 0.0324. The average Bonchev–Trinajstić information content (AvgIpc) is 3.25. The summed E-state index contributed by atoms with van der Waals surface area (Å²) in [5, 5.41) is 23.6. The number of hydrogen-bond donors (Lipinski definition) is 3. The van der Waals surface area contributed by atoms with E-state index in [-0.39, 0.29) is 31.3 Å². The Hall–Kier alpha value is -3.74. The summed E-state index contributed by atoms with van der Waals surface area (Å²) in [6, 6.07) is -0.741. The third-order valence-corrected chi connectivity index (χ3v) is 10.0. The van der Waals surface area contributed by atoms with E-state index in [0.29, 0.717) is 19.3 Å². The fourth-order valence-corrected chi connectivity index (χ4v) is 6.45. The van der Waals surface area contributed by atoms with Crippen LogP contribution < -0.4 is 5.32 Å². The Labute approximate surface area is 374 Å². The molecule has 1 amide bonds. The van der Waals surface area contributed by atoms with Gasteiger partial charge in [0.1, 0.15) is 6.10 Å². The molecule has 0 aromatic rings. The van der Waals surface area contributed by atoms with Gasteiger partial charge < -0.3 is 20.3 Å². The van der Waals surface area contributed by atoms with Crippen molar-refractivity contribution >= 4 is 11.9 Å². The number of unbranched alkanes of at least 4 members (excludes halogenated alkanes) is 9. The Kier molecular flexibility index (Phi) is 44.4. The van der Waals surface area contributed by atoms with Crippen LogP contribution in [0, 0.1) is 0 Å². The molecule has 0 aromatic heterocycles. The number of aliphatic hydroxyl groups is 2. The smallest absolute Gasteiger partial charge is 0.306 e. The summed E-state index contributed by atoms with van der Waals surface area (Å²) in [5.74, 6) is -0.645. The molecule has 3 atom stereocenters. The number of aliphatic hydroxyl groups excluding tert-OH is 2. The van der Waals surface area contributed by atoms with Gasteiger partial charge in [0.25, 0.3) is 0 Å². The van der Waals surface area contributed by atoms with Crippen molar-refractivity contribution < 1.29 is 24.5 Å². The molecule has 6 heteroatoms. The van der Waals surface area contributed by atoms with Gasteiger partial charge in [0.05, 0.1) is 25.2 Å². The van der Waals surface area contributed by atoms with Gasteiger partial charge in [-0.2, -0.15) is 0 Å². The van der Waals surface area contributed by atoms with Gasteiger partial charge in [0.15, 0.2) is 0 Å². The van der Waals surface area contributed by atoms with Crippen LogP contribution in [0.2, 0.25) is 0 Å². The first-order valence-corrected chi connectivity index (χ1v) is 24.3. The molecule has 0 aliphatic rings. The van der Waals surface area contributed by atoms with E-state index in [1.807, 2.05) is 6.08 Å². The molecule has 0 bridgehead atoms. The second kappa shape index (κ2) is 47.3. The van der Waals surface area contributed by atoms with Crippen LogP contribution in [0.4, 0.5) is 0 Å². The van der Waals surface area contributed by atoms with E-state index in [1.54, 1.807) is 0 Å². The van der Waals surface area contributed by atoms with E-state index in [9.17, 15) is 19.8 Å². The van der Waals surface area contributed by atoms with Crippen LogP contribution in [-0.2, 0) is 14.3 Å². The topological polar surface area (TPSA) is 95.9 Å². The van der Waals surface area contributed by atoms with E-state index in [1.165, 1.54) is 38.5 Å². The minimum absolute atomic E-state index is 0.000325. The molecule has 0 heterocycles. The largest absolute Gasteiger partial charge is 0.462 e. The number of amides is 1. The van der Waals surface area contributed by atoms with Crippen LogP contribution in [0.5, 0.6) is 0 Å². The van der Waals surface area contributed by atoms with E-state index >= 15 is 0 Å². The number of allylic oxidation sites excluding steroid dienone is 20. The Balaban J connectivity index is 4.86. The lowest BCUT2D eigenvalue weighted by atomic mass is 10.0. The number of ether oxygens (including phenoxy) is 1.